The van der Waals surface area contributed by atoms with Crippen LogP contribution in [-0.2, 0) is 0 Å². The normalized spacial score (nSPS) is 10.6. The number of hydrogen-bond acceptors (Lipinski definition) is 1. The van der Waals surface area contributed by atoms with Crippen LogP contribution >= 0.6 is 0 Å². The van der Waals surface area contributed by atoms with Crippen molar-refractivity contribution in [3.05, 3.63) is 134 Å². The molecule has 2 nitrogen and oxygen atoms in total. The predicted octanol–water partition coefficient (Wildman–Crippen LogP) is 6.94. The molecular formula is C27H23N2+. The zero-order valence-electron chi connectivity index (χ0n) is 16.2. The van der Waals surface area contributed by atoms with Crippen molar-refractivity contribution in [1.82, 2.24) is 4.58 Å². The molecule has 4 aromatic carbocycles. The Morgan fingerprint density at radius 3 is 1.28 bits per heavy atom. The summed E-state index contributed by atoms with van der Waals surface area (Å²) in [4.78, 5) is 2.19. The van der Waals surface area contributed by atoms with E-state index in [2.05, 4.69) is 125 Å². The third-order valence-electron chi connectivity index (χ3n) is 4.61. The number of nitrogens with zero attached hydrogens (tertiary/aromatic N) is 2. The molecule has 2 heteroatoms. The van der Waals surface area contributed by atoms with E-state index < -0.39 is 0 Å². The van der Waals surface area contributed by atoms with Gasteiger partial charge in [-0.05, 0) is 24.3 Å². The molecule has 0 heterocycles. The van der Waals surface area contributed by atoms with E-state index in [0.29, 0.717) is 0 Å². The molecule has 0 saturated heterocycles. The van der Waals surface area contributed by atoms with Gasteiger partial charge < -0.3 is 4.90 Å². The summed E-state index contributed by atoms with van der Waals surface area (Å²) in [5.74, 6) is 0. The number of hydrogen-bond donors (Lipinski definition) is 0. The maximum absolute atomic E-state index is 2.19. The van der Waals surface area contributed by atoms with Gasteiger partial charge in [-0.3, -0.25) is 0 Å². The van der Waals surface area contributed by atoms with Crippen LogP contribution in [0.1, 0.15) is 0 Å². The predicted molar refractivity (Wildman–Crippen MR) is 125 cm³/mol. The van der Waals surface area contributed by atoms with Crippen molar-refractivity contribution < 1.29 is 0 Å². The minimum absolute atomic E-state index is 1.12. The monoisotopic (exact) mass is 375 g/mol. The Hall–Kier alpha value is -3.91. The van der Waals surface area contributed by atoms with E-state index >= 15 is 0 Å². The number of rotatable bonds is 6. The SMILES string of the molecule is C(/C=C/N(c1ccccc1)c1ccccc1)=[N+](c1ccccc1)c1ccccc1. The fraction of sp³-hybridized carbons (Fsp3) is 0. The smallest absolute Gasteiger partial charge is 0.211 e. The topological polar surface area (TPSA) is 6.25 Å². The van der Waals surface area contributed by atoms with Crippen molar-refractivity contribution in [1.29, 1.82) is 0 Å². The maximum atomic E-state index is 2.19. The van der Waals surface area contributed by atoms with E-state index in [9.17, 15) is 0 Å². The lowest BCUT2D eigenvalue weighted by molar-refractivity contribution is 1.10. The van der Waals surface area contributed by atoms with E-state index in [1.807, 2.05) is 24.3 Å². The summed E-state index contributed by atoms with van der Waals surface area (Å²) in [7, 11) is 0. The van der Waals surface area contributed by atoms with Crippen LogP contribution in [0.5, 0.6) is 0 Å². The Balaban J connectivity index is 1.72. The molecule has 0 amide bonds. The van der Waals surface area contributed by atoms with E-state index in [4.69, 9.17) is 0 Å². The third-order valence-corrected chi connectivity index (χ3v) is 4.61. The van der Waals surface area contributed by atoms with Crippen molar-refractivity contribution in [3.63, 3.8) is 0 Å². The maximum Gasteiger partial charge on any atom is 0.211 e. The second kappa shape index (κ2) is 9.34. The van der Waals surface area contributed by atoms with Crippen LogP contribution in [0.25, 0.3) is 0 Å². The summed E-state index contributed by atoms with van der Waals surface area (Å²) in [6.45, 7) is 0. The molecule has 0 aliphatic carbocycles. The van der Waals surface area contributed by atoms with E-state index in [1.54, 1.807) is 0 Å². The molecule has 0 unspecified atom stereocenters. The van der Waals surface area contributed by atoms with Gasteiger partial charge in [-0.2, -0.15) is 4.58 Å². The molecular weight excluding hydrogens is 352 g/mol. The average Bonchev–Trinajstić information content (AvgIpc) is 2.81. The summed E-state index contributed by atoms with van der Waals surface area (Å²) in [6, 6.07) is 41.5. The number of anilines is 2. The van der Waals surface area contributed by atoms with E-state index in [-0.39, 0.29) is 0 Å². The second-order valence-electron chi connectivity index (χ2n) is 6.57. The van der Waals surface area contributed by atoms with Crippen molar-refractivity contribution in [2.24, 2.45) is 0 Å². The Bertz CT molecular complexity index is 989. The van der Waals surface area contributed by atoms with Gasteiger partial charge in [-0.25, -0.2) is 0 Å². The molecule has 0 N–H and O–H groups in total. The molecule has 29 heavy (non-hydrogen) atoms. The highest BCUT2D eigenvalue weighted by molar-refractivity contribution is 5.81. The average molecular weight is 375 g/mol. The molecule has 0 bridgehead atoms. The van der Waals surface area contributed by atoms with Crippen molar-refractivity contribution in [2.75, 3.05) is 4.90 Å². The van der Waals surface area contributed by atoms with Gasteiger partial charge in [0.15, 0.2) is 6.21 Å². The molecule has 0 aromatic heterocycles. The zero-order chi connectivity index (χ0) is 19.7. The van der Waals surface area contributed by atoms with Gasteiger partial charge in [-0.15, -0.1) is 0 Å². The van der Waals surface area contributed by atoms with Gasteiger partial charge in [0.2, 0.25) is 11.4 Å². The minimum Gasteiger partial charge on any atom is -0.317 e. The van der Waals surface area contributed by atoms with Crippen LogP contribution in [-0.4, -0.2) is 6.21 Å². The van der Waals surface area contributed by atoms with Gasteiger partial charge in [0, 0.05) is 47.9 Å². The molecule has 0 aliphatic rings. The number of allylic oxidation sites excluding steroid dienone is 1. The summed E-state index contributed by atoms with van der Waals surface area (Å²) >= 11 is 0. The highest BCUT2D eigenvalue weighted by atomic mass is 15.1. The molecule has 0 saturated carbocycles. The number of benzene rings is 4. The third kappa shape index (κ3) is 4.69. The zero-order valence-corrected chi connectivity index (χ0v) is 16.2. The molecule has 0 spiro atoms. The first-order chi connectivity index (χ1) is 14.4. The van der Waals surface area contributed by atoms with Gasteiger partial charge in [-0.1, -0.05) is 72.8 Å². The van der Waals surface area contributed by atoms with Gasteiger partial charge >= 0.3 is 0 Å². The molecule has 4 rings (SSSR count). The minimum atomic E-state index is 1.12. The standard InChI is InChI=1S/C27H23N2/c1-5-14-24(15-6-1)28(25-16-7-2-8-17-25)22-13-23-29(26-18-9-3-10-19-26)27-20-11-4-12-21-27/h1-23H/q+1. The van der Waals surface area contributed by atoms with Crippen molar-refractivity contribution >= 4 is 29.0 Å². The summed E-state index contributed by atoms with van der Waals surface area (Å²) in [5.41, 5.74) is 4.48. The first-order valence-corrected chi connectivity index (χ1v) is 9.72. The van der Waals surface area contributed by atoms with Crippen LogP contribution in [0.2, 0.25) is 0 Å². The highest BCUT2D eigenvalue weighted by Gasteiger charge is 2.11. The Morgan fingerprint density at radius 1 is 0.483 bits per heavy atom. The molecule has 0 aliphatic heterocycles. The Morgan fingerprint density at radius 2 is 0.862 bits per heavy atom. The molecule has 0 atom stereocenters. The summed E-state index contributed by atoms with van der Waals surface area (Å²) in [5, 5.41) is 0. The van der Waals surface area contributed by atoms with Gasteiger partial charge in [0.05, 0.1) is 0 Å². The van der Waals surface area contributed by atoms with Gasteiger partial charge in [0.25, 0.3) is 0 Å². The summed E-state index contributed by atoms with van der Waals surface area (Å²) in [6.07, 6.45) is 6.28. The van der Waals surface area contributed by atoms with Gasteiger partial charge in [0.1, 0.15) is 0 Å². The highest BCUT2D eigenvalue weighted by Crippen LogP contribution is 2.25. The van der Waals surface area contributed by atoms with E-state index in [0.717, 1.165) is 22.7 Å². The fourth-order valence-electron chi connectivity index (χ4n) is 3.21. The Labute approximate surface area is 172 Å². The van der Waals surface area contributed by atoms with Crippen molar-refractivity contribution in [3.8, 4) is 0 Å². The first kappa shape index (κ1) is 18.5. The fourth-order valence-corrected chi connectivity index (χ4v) is 3.21. The van der Waals surface area contributed by atoms with Crippen LogP contribution < -0.4 is 9.48 Å². The lowest BCUT2D eigenvalue weighted by Crippen LogP contribution is -2.09. The molecule has 4 aromatic rings. The van der Waals surface area contributed by atoms with Crippen LogP contribution in [0.3, 0.4) is 0 Å². The van der Waals surface area contributed by atoms with E-state index in [1.165, 1.54) is 0 Å². The molecule has 0 radical (unpaired) electrons. The Kier molecular flexibility index (Phi) is 5.94. The lowest BCUT2D eigenvalue weighted by Gasteiger charge is -2.20. The summed E-state index contributed by atoms with van der Waals surface area (Å²) < 4.78 is 2.19. The first-order valence-electron chi connectivity index (χ1n) is 9.72. The van der Waals surface area contributed by atoms with Crippen molar-refractivity contribution in [2.45, 2.75) is 0 Å². The molecule has 0 fully saturated rings. The quantitative estimate of drug-likeness (QED) is 0.261. The van der Waals surface area contributed by atoms with Crippen LogP contribution in [0.4, 0.5) is 22.7 Å². The van der Waals surface area contributed by atoms with Crippen LogP contribution in [0.15, 0.2) is 134 Å². The molecule has 140 valence electrons. The number of para-hydroxylation sites is 4. The second-order valence-corrected chi connectivity index (χ2v) is 6.57. The largest absolute Gasteiger partial charge is 0.317 e. The van der Waals surface area contributed by atoms with Crippen LogP contribution in [0, 0.1) is 0 Å². The lowest BCUT2D eigenvalue weighted by atomic mass is 10.2.